The second-order valence-electron chi connectivity index (χ2n) is 5.49. The second kappa shape index (κ2) is 8.29. The number of aryl methyl sites for hydroxylation is 1. The van der Waals surface area contributed by atoms with Crippen molar-refractivity contribution >= 4 is 6.03 Å². The first-order valence-electron chi connectivity index (χ1n) is 7.58. The molecule has 1 N–H and O–H groups in total. The lowest BCUT2D eigenvalue weighted by molar-refractivity contribution is 0.203. The van der Waals surface area contributed by atoms with Crippen LogP contribution in [0.15, 0.2) is 42.5 Å². The number of rotatable bonds is 6. The summed E-state index contributed by atoms with van der Waals surface area (Å²) >= 11 is 0. The molecule has 0 bridgehead atoms. The summed E-state index contributed by atoms with van der Waals surface area (Å²) in [5.41, 5.74) is 1.40. The highest BCUT2D eigenvalue weighted by Gasteiger charge is 2.11. The molecule has 0 aliphatic carbocycles. The van der Waals surface area contributed by atoms with Gasteiger partial charge in [0, 0.05) is 25.2 Å². The molecule has 0 saturated heterocycles. The second-order valence-corrected chi connectivity index (χ2v) is 5.49. The Morgan fingerprint density at radius 3 is 2.54 bits per heavy atom. The van der Waals surface area contributed by atoms with Gasteiger partial charge in [0.25, 0.3) is 0 Å². The van der Waals surface area contributed by atoms with Crippen LogP contribution in [-0.4, -0.2) is 31.1 Å². The van der Waals surface area contributed by atoms with Crippen LogP contribution >= 0.6 is 0 Å². The quantitative estimate of drug-likeness (QED) is 0.822. The van der Waals surface area contributed by atoms with Gasteiger partial charge in [0.2, 0.25) is 0 Å². The number of nitrogens with one attached hydrogen (secondary N) is 1. The Bertz CT molecular complexity index is 690. The zero-order chi connectivity index (χ0) is 17.5. The number of benzene rings is 2. The highest BCUT2D eigenvalue weighted by atomic mass is 19.1. The summed E-state index contributed by atoms with van der Waals surface area (Å²) in [6, 6.07) is 10.6. The topological polar surface area (TPSA) is 41.6 Å². The summed E-state index contributed by atoms with van der Waals surface area (Å²) in [6.07, 6.45) is 0. The average Bonchev–Trinajstić information content (AvgIpc) is 2.55. The Labute approximate surface area is 140 Å². The van der Waals surface area contributed by atoms with Crippen LogP contribution in [0.5, 0.6) is 5.75 Å². The molecule has 0 aromatic heterocycles. The molecule has 0 aliphatic heterocycles. The van der Waals surface area contributed by atoms with Crippen molar-refractivity contribution in [2.45, 2.75) is 13.5 Å². The van der Waals surface area contributed by atoms with Crippen LogP contribution in [0.1, 0.15) is 11.1 Å². The van der Waals surface area contributed by atoms with Crippen molar-refractivity contribution in [3.05, 3.63) is 65.2 Å². The first-order valence-corrected chi connectivity index (χ1v) is 7.58. The van der Waals surface area contributed by atoms with E-state index in [1.54, 1.807) is 7.05 Å². The van der Waals surface area contributed by atoms with Crippen molar-refractivity contribution in [1.29, 1.82) is 0 Å². The maximum Gasteiger partial charge on any atom is 0.317 e. The Morgan fingerprint density at radius 1 is 1.17 bits per heavy atom. The summed E-state index contributed by atoms with van der Waals surface area (Å²) in [4.78, 5) is 13.3. The number of carbonyl (C=O) groups excluding carboxylic acids is 1. The molecule has 0 spiro atoms. The van der Waals surface area contributed by atoms with Gasteiger partial charge in [-0.05, 0) is 25.1 Å². The van der Waals surface area contributed by atoms with Gasteiger partial charge in [0.1, 0.15) is 24.0 Å². The van der Waals surface area contributed by atoms with Crippen molar-refractivity contribution < 1.29 is 18.3 Å². The number of carbonyl (C=O) groups is 1. The molecule has 0 heterocycles. The SMILES string of the molecule is Cc1ccc(OCCNC(=O)N(C)Cc2ccc(F)cc2F)cc1. The Kier molecular flexibility index (Phi) is 6.12. The van der Waals surface area contributed by atoms with Crippen molar-refractivity contribution in [2.75, 3.05) is 20.2 Å². The van der Waals surface area contributed by atoms with Crippen LogP contribution < -0.4 is 10.1 Å². The van der Waals surface area contributed by atoms with Gasteiger partial charge in [-0.2, -0.15) is 0 Å². The maximum atomic E-state index is 13.6. The van der Waals surface area contributed by atoms with Gasteiger partial charge in [-0.1, -0.05) is 23.8 Å². The van der Waals surface area contributed by atoms with Gasteiger partial charge in [-0.25, -0.2) is 13.6 Å². The molecule has 128 valence electrons. The predicted molar refractivity (Wildman–Crippen MR) is 87.9 cm³/mol. The van der Waals surface area contributed by atoms with Gasteiger partial charge < -0.3 is 15.0 Å². The van der Waals surface area contributed by atoms with E-state index in [4.69, 9.17) is 4.74 Å². The number of halogens is 2. The van der Waals surface area contributed by atoms with Crippen molar-refractivity contribution in [1.82, 2.24) is 10.2 Å². The first-order chi connectivity index (χ1) is 11.5. The zero-order valence-electron chi connectivity index (χ0n) is 13.7. The molecule has 4 nitrogen and oxygen atoms in total. The lowest BCUT2D eigenvalue weighted by Gasteiger charge is -2.18. The molecule has 6 heteroatoms. The first kappa shape index (κ1) is 17.7. The Hall–Kier alpha value is -2.63. The highest BCUT2D eigenvalue weighted by Crippen LogP contribution is 2.12. The van der Waals surface area contributed by atoms with E-state index < -0.39 is 11.6 Å². The van der Waals surface area contributed by atoms with Crippen molar-refractivity contribution in [2.24, 2.45) is 0 Å². The van der Waals surface area contributed by atoms with Crippen LogP contribution in [0.25, 0.3) is 0 Å². The number of hydrogen-bond acceptors (Lipinski definition) is 2. The number of nitrogens with zero attached hydrogens (tertiary/aromatic N) is 1. The van der Waals surface area contributed by atoms with E-state index in [9.17, 15) is 13.6 Å². The number of amides is 2. The minimum absolute atomic E-state index is 0.0523. The molecular formula is C18H20F2N2O2. The summed E-state index contributed by atoms with van der Waals surface area (Å²) in [5.74, 6) is -0.578. The van der Waals surface area contributed by atoms with Gasteiger partial charge in [-0.15, -0.1) is 0 Å². The van der Waals surface area contributed by atoms with Gasteiger partial charge in [0.05, 0.1) is 6.54 Å². The highest BCUT2D eigenvalue weighted by molar-refractivity contribution is 5.73. The molecule has 2 amide bonds. The largest absolute Gasteiger partial charge is 0.492 e. The molecule has 0 saturated carbocycles. The summed E-state index contributed by atoms with van der Waals surface area (Å²) in [7, 11) is 1.54. The molecule has 0 fully saturated rings. The Morgan fingerprint density at radius 2 is 1.88 bits per heavy atom. The predicted octanol–water partition coefficient (Wildman–Crippen LogP) is 3.49. The molecule has 0 atom stereocenters. The summed E-state index contributed by atoms with van der Waals surface area (Å²) in [6.45, 7) is 2.69. The van der Waals surface area contributed by atoms with Crippen LogP contribution in [0.3, 0.4) is 0 Å². The van der Waals surface area contributed by atoms with Crippen molar-refractivity contribution in [3.63, 3.8) is 0 Å². The Balaban J connectivity index is 1.74. The maximum absolute atomic E-state index is 13.6. The van der Waals surface area contributed by atoms with E-state index in [0.29, 0.717) is 13.2 Å². The van der Waals surface area contributed by atoms with Gasteiger partial charge in [0.15, 0.2) is 0 Å². The third-order valence-corrected chi connectivity index (χ3v) is 3.44. The average molecular weight is 334 g/mol. The standard InChI is InChI=1S/C18H20F2N2O2/c1-13-3-7-16(8-4-13)24-10-9-21-18(23)22(2)12-14-5-6-15(19)11-17(14)20/h3-8,11H,9-10,12H2,1-2H3,(H,21,23). The molecule has 24 heavy (non-hydrogen) atoms. The minimum Gasteiger partial charge on any atom is -0.492 e. The minimum atomic E-state index is -0.669. The lowest BCUT2D eigenvalue weighted by atomic mass is 10.2. The normalized spacial score (nSPS) is 10.3. The lowest BCUT2D eigenvalue weighted by Crippen LogP contribution is -2.38. The third kappa shape index (κ3) is 5.22. The number of urea groups is 1. The van der Waals surface area contributed by atoms with Crippen molar-refractivity contribution in [3.8, 4) is 5.75 Å². The van der Waals surface area contributed by atoms with Crippen LogP contribution in [0.4, 0.5) is 13.6 Å². The van der Waals surface area contributed by atoms with E-state index in [2.05, 4.69) is 5.32 Å². The smallest absolute Gasteiger partial charge is 0.317 e. The zero-order valence-corrected chi connectivity index (χ0v) is 13.7. The van der Waals surface area contributed by atoms with E-state index in [-0.39, 0.29) is 18.1 Å². The molecule has 2 aromatic carbocycles. The molecule has 0 aliphatic rings. The third-order valence-electron chi connectivity index (χ3n) is 3.44. The van der Waals surface area contributed by atoms with Crippen LogP contribution in [-0.2, 0) is 6.54 Å². The summed E-state index contributed by atoms with van der Waals surface area (Å²) < 4.78 is 31.9. The molecule has 0 radical (unpaired) electrons. The molecular weight excluding hydrogens is 314 g/mol. The molecule has 2 rings (SSSR count). The van der Waals surface area contributed by atoms with Gasteiger partial charge >= 0.3 is 6.03 Å². The van der Waals surface area contributed by atoms with E-state index >= 15 is 0 Å². The van der Waals surface area contributed by atoms with Crippen LogP contribution in [0, 0.1) is 18.6 Å². The van der Waals surface area contributed by atoms with E-state index in [1.807, 2.05) is 31.2 Å². The molecule has 0 unspecified atom stereocenters. The monoisotopic (exact) mass is 334 g/mol. The summed E-state index contributed by atoms with van der Waals surface area (Å²) in [5, 5.41) is 2.68. The molecule has 2 aromatic rings. The fourth-order valence-corrected chi connectivity index (χ4v) is 2.07. The van der Waals surface area contributed by atoms with E-state index in [0.717, 1.165) is 17.4 Å². The fourth-order valence-electron chi connectivity index (χ4n) is 2.07. The number of hydrogen-bond donors (Lipinski definition) is 1. The van der Waals surface area contributed by atoms with Gasteiger partial charge in [-0.3, -0.25) is 0 Å². The van der Waals surface area contributed by atoms with E-state index in [1.165, 1.54) is 17.0 Å². The fraction of sp³-hybridized carbons (Fsp3) is 0.278. The van der Waals surface area contributed by atoms with Crippen LogP contribution in [0.2, 0.25) is 0 Å². The number of ether oxygens (including phenoxy) is 1.